The van der Waals surface area contributed by atoms with Gasteiger partial charge in [0.2, 0.25) is 5.91 Å². The number of nitrogens with one attached hydrogen (secondary N) is 4. The van der Waals surface area contributed by atoms with Crippen molar-refractivity contribution >= 4 is 18.0 Å². The Kier molecular flexibility index (Phi) is 8.48. The number of nitrogens with zero attached hydrogens (tertiary/aromatic N) is 1. The molecule has 0 saturated carbocycles. The minimum absolute atomic E-state index is 0.197. The summed E-state index contributed by atoms with van der Waals surface area (Å²) in [6.45, 7) is 1.24. The highest BCUT2D eigenvalue weighted by Gasteiger charge is 2.34. The third kappa shape index (κ3) is 6.73. The van der Waals surface area contributed by atoms with Gasteiger partial charge in [-0.05, 0) is 30.4 Å². The maximum atomic E-state index is 13.1. The zero-order chi connectivity index (χ0) is 22.8. The molecule has 0 spiro atoms. The summed E-state index contributed by atoms with van der Waals surface area (Å²) < 4.78 is 0. The molecule has 8 heteroatoms. The van der Waals surface area contributed by atoms with Crippen molar-refractivity contribution in [1.29, 1.82) is 0 Å². The van der Waals surface area contributed by atoms with Crippen LogP contribution in [0, 0.1) is 0 Å². The Morgan fingerprint density at radius 3 is 2.28 bits per heavy atom. The first-order valence-electron chi connectivity index (χ1n) is 10.9. The lowest BCUT2D eigenvalue weighted by Crippen LogP contribution is -2.54. The van der Waals surface area contributed by atoms with Crippen LogP contribution in [-0.4, -0.2) is 55.1 Å². The fourth-order valence-electron chi connectivity index (χ4n) is 3.83. The van der Waals surface area contributed by atoms with Crippen molar-refractivity contribution in [3.8, 4) is 0 Å². The van der Waals surface area contributed by atoms with Gasteiger partial charge in [-0.25, -0.2) is 9.59 Å². The van der Waals surface area contributed by atoms with Crippen molar-refractivity contribution < 1.29 is 14.4 Å². The number of likely N-dealkylation sites (tertiary alicyclic amines) is 1. The SMILES string of the molecule is CNC(=O)NC[C@H](Cc1ccccc1)NC(=O)[C@@H]1CCCN1C(=O)NCc1ccccc1. The van der Waals surface area contributed by atoms with E-state index in [0.29, 0.717) is 25.9 Å². The maximum Gasteiger partial charge on any atom is 0.318 e. The standard InChI is InChI=1S/C24H31N5O3/c1-25-23(31)26-17-20(15-18-9-4-2-5-10-18)28-22(30)21-13-8-14-29(21)24(32)27-16-19-11-6-3-7-12-19/h2-7,9-12,20-21H,8,13-17H2,1H3,(H,27,32)(H,28,30)(H2,25,26,31)/t20-,21-/m0/s1. The summed E-state index contributed by atoms with van der Waals surface area (Å²) in [5, 5.41) is 11.2. The molecule has 1 aliphatic rings. The van der Waals surface area contributed by atoms with Crippen molar-refractivity contribution in [2.45, 2.75) is 37.9 Å². The third-order valence-corrected chi connectivity index (χ3v) is 5.51. The lowest BCUT2D eigenvalue weighted by Gasteiger charge is -2.27. The van der Waals surface area contributed by atoms with E-state index < -0.39 is 6.04 Å². The molecular formula is C24H31N5O3. The fraction of sp³-hybridized carbons (Fsp3) is 0.375. The summed E-state index contributed by atoms with van der Waals surface area (Å²) in [4.78, 5) is 39.1. The van der Waals surface area contributed by atoms with E-state index in [9.17, 15) is 14.4 Å². The van der Waals surface area contributed by atoms with E-state index in [2.05, 4.69) is 21.3 Å². The Hall–Kier alpha value is -3.55. The topological polar surface area (TPSA) is 103 Å². The van der Waals surface area contributed by atoms with E-state index >= 15 is 0 Å². The van der Waals surface area contributed by atoms with Crippen molar-refractivity contribution in [3.63, 3.8) is 0 Å². The molecule has 2 atom stereocenters. The minimum atomic E-state index is -0.524. The van der Waals surface area contributed by atoms with Gasteiger partial charge in [-0.1, -0.05) is 60.7 Å². The van der Waals surface area contributed by atoms with Crippen LogP contribution in [0.3, 0.4) is 0 Å². The molecule has 32 heavy (non-hydrogen) atoms. The van der Waals surface area contributed by atoms with Gasteiger partial charge in [-0.15, -0.1) is 0 Å². The number of hydrogen-bond acceptors (Lipinski definition) is 3. The van der Waals surface area contributed by atoms with Crippen LogP contribution in [0.4, 0.5) is 9.59 Å². The summed E-state index contributed by atoms with van der Waals surface area (Å²) in [5.74, 6) is -0.197. The lowest BCUT2D eigenvalue weighted by atomic mass is 10.0. The van der Waals surface area contributed by atoms with Crippen LogP contribution in [0.5, 0.6) is 0 Å². The molecule has 0 aliphatic carbocycles. The largest absolute Gasteiger partial charge is 0.349 e. The predicted octanol–water partition coefficient (Wildman–Crippen LogP) is 2.02. The fourth-order valence-corrected chi connectivity index (χ4v) is 3.83. The molecular weight excluding hydrogens is 406 g/mol. The molecule has 170 valence electrons. The molecule has 2 aromatic carbocycles. The molecule has 8 nitrogen and oxygen atoms in total. The first-order chi connectivity index (χ1) is 15.6. The van der Waals surface area contributed by atoms with Gasteiger partial charge in [0.1, 0.15) is 6.04 Å². The van der Waals surface area contributed by atoms with Crippen LogP contribution < -0.4 is 21.3 Å². The van der Waals surface area contributed by atoms with Gasteiger partial charge in [0.05, 0.1) is 6.04 Å². The van der Waals surface area contributed by atoms with E-state index in [1.807, 2.05) is 60.7 Å². The molecule has 1 heterocycles. The number of rotatable bonds is 8. The van der Waals surface area contributed by atoms with Crippen LogP contribution >= 0.6 is 0 Å². The molecule has 1 saturated heterocycles. The second-order valence-electron chi connectivity index (χ2n) is 7.85. The molecule has 0 unspecified atom stereocenters. The van der Waals surface area contributed by atoms with Crippen LogP contribution in [0.1, 0.15) is 24.0 Å². The van der Waals surface area contributed by atoms with Gasteiger partial charge in [0, 0.05) is 26.7 Å². The predicted molar refractivity (Wildman–Crippen MR) is 123 cm³/mol. The Morgan fingerprint density at radius 1 is 0.969 bits per heavy atom. The number of hydrogen-bond donors (Lipinski definition) is 4. The molecule has 2 aromatic rings. The number of benzene rings is 2. The number of urea groups is 2. The highest BCUT2D eigenvalue weighted by Crippen LogP contribution is 2.18. The molecule has 1 fully saturated rings. The smallest absolute Gasteiger partial charge is 0.318 e. The minimum Gasteiger partial charge on any atom is -0.349 e. The number of carbonyl (C=O) groups excluding carboxylic acids is 3. The van der Waals surface area contributed by atoms with Gasteiger partial charge in [0.25, 0.3) is 0 Å². The maximum absolute atomic E-state index is 13.1. The monoisotopic (exact) mass is 437 g/mol. The van der Waals surface area contributed by atoms with E-state index in [-0.39, 0.29) is 30.6 Å². The average molecular weight is 438 g/mol. The van der Waals surface area contributed by atoms with Crippen molar-refractivity contribution in [2.75, 3.05) is 20.1 Å². The molecule has 0 aromatic heterocycles. The Morgan fingerprint density at radius 2 is 1.62 bits per heavy atom. The quantitative estimate of drug-likeness (QED) is 0.508. The Bertz CT molecular complexity index is 891. The first-order valence-corrected chi connectivity index (χ1v) is 10.9. The van der Waals surface area contributed by atoms with Crippen molar-refractivity contribution in [3.05, 3.63) is 71.8 Å². The van der Waals surface area contributed by atoms with Crippen LogP contribution in [0.2, 0.25) is 0 Å². The normalized spacial score (nSPS) is 16.2. The Labute approximate surface area is 188 Å². The number of carbonyl (C=O) groups is 3. The lowest BCUT2D eigenvalue weighted by molar-refractivity contribution is -0.125. The van der Waals surface area contributed by atoms with Gasteiger partial charge < -0.3 is 26.2 Å². The van der Waals surface area contributed by atoms with Gasteiger partial charge >= 0.3 is 12.1 Å². The van der Waals surface area contributed by atoms with Gasteiger partial charge in [-0.2, -0.15) is 0 Å². The second kappa shape index (κ2) is 11.7. The zero-order valence-electron chi connectivity index (χ0n) is 18.3. The number of amides is 5. The molecule has 4 N–H and O–H groups in total. The third-order valence-electron chi connectivity index (χ3n) is 5.51. The molecule has 0 radical (unpaired) electrons. The van der Waals surface area contributed by atoms with Gasteiger partial charge in [-0.3, -0.25) is 4.79 Å². The highest BCUT2D eigenvalue weighted by molar-refractivity contribution is 5.88. The molecule has 3 rings (SSSR count). The average Bonchev–Trinajstić information content (AvgIpc) is 3.32. The second-order valence-corrected chi connectivity index (χ2v) is 7.85. The Balaban J connectivity index is 1.60. The van der Waals surface area contributed by atoms with Crippen LogP contribution in [0.25, 0.3) is 0 Å². The summed E-state index contributed by atoms with van der Waals surface area (Å²) in [5.41, 5.74) is 2.06. The van der Waals surface area contributed by atoms with E-state index in [4.69, 9.17) is 0 Å². The molecule has 5 amide bonds. The van der Waals surface area contributed by atoms with Crippen LogP contribution in [-0.2, 0) is 17.8 Å². The summed E-state index contributed by atoms with van der Waals surface area (Å²) in [6.07, 6.45) is 1.96. The van der Waals surface area contributed by atoms with E-state index in [1.54, 1.807) is 11.9 Å². The summed E-state index contributed by atoms with van der Waals surface area (Å²) in [6, 6.07) is 18.1. The van der Waals surface area contributed by atoms with Crippen molar-refractivity contribution in [2.24, 2.45) is 0 Å². The highest BCUT2D eigenvalue weighted by atomic mass is 16.2. The summed E-state index contributed by atoms with van der Waals surface area (Å²) in [7, 11) is 1.55. The van der Waals surface area contributed by atoms with E-state index in [1.165, 1.54) is 0 Å². The molecule has 0 bridgehead atoms. The molecule has 1 aliphatic heterocycles. The van der Waals surface area contributed by atoms with Crippen LogP contribution in [0.15, 0.2) is 60.7 Å². The zero-order valence-corrected chi connectivity index (χ0v) is 18.3. The van der Waals surface area contributed by atoms with Crippen molar-refractivity contribution in [1.82, 2.24) is 26.2 Å². The first kappa shape index (κ1) is 23.1. The van der Waals surface area contributed by atoms with Gasteiger partial charge in [0.15, 0.2) is 0 Å². The summed E-state index contributed by atoms with van der Waals surface area (Å²) >= 11 is 0. The van der Waals surface area contributed by atoms with E-state index in [0.717, 1.165) is 17.5 Å².